The third kappa shape index (κ3) is 2.43. The molecule has 2 rings (SSSR count). The Morgan fingerprint density at radius 2 is 2.07 bits per heavy atom. The summed E-state index contributed by atoms with van der Waals surface area (Å²) in [4.78, 5) is 4.27. The SMILES string of the molecule is CC(C)(N)c1nc2cc(Cl)ccc2o1.Cl. The molecular formula is C10H12Cl2N2O. The van der Waals surface area contributed by atoms with E-state index in [1.807, 2.05) is 13.8 Å². The molecule has 0 radical (unpaired) electrons. The van der Waals surface area contributed by atoms with Crippen LogP contribution >= 0.6 is 24.0 Å². The van der Waals surface area contributed by atoms with Gasteiger partial charge in [-0.05, 0) is 32.0 Å². The lowest BCUT2D eigenvalue weighted by Crippen LogP contribution is -2.28. The van der Waals surface area contributed by atoms with Gasteiger partial charge in [-0.3, -0.25) is 0 Å². The number of hydrogen-bond acceptors (Lipinski definition) is 3. The van der Waals surface area contributed by atoms with Crippen molar-refractivity contribution in [2.24, 2.45) is 5.73 Å². The van der Waals surface area contributed by atoms with Crippen molar-refractivity contribution < 1.29 is 4.42 Å². The summed E-state index contributed by atoms with van der Waals surface area (Å²) >= 11 is 5.83. The number of rotatable bonds is 1. The average Bonchev–Trinajstić information content (AvgIpc) is 2.45. The van der Waals surface area contributed by atoms with Gasteiger partial charge in [0, 0.05) is 5.02 Å². The molecule has 82 valence electrons. The van der Waals surface area contributed by atoms with Crippen LogP contribution in [0.15, 0.2) is 22.6 Å². The molecule has 0 atom stereocenters. The quantitative estimate of drug-likeness (QED) is 0.842. The Hall–Kier alpha value is -0.770. The van der Waals surface area contributed by atoms with Crippen LogP contribution in [-0.2, 0) is 5.54 Å². The van der Waals surface area contributed by atoms with Crippen molar-refractivity contribution in [1.29, 1.82) is 0 Å². The standard InChI is InChI=1S/C10H11ClN2O.ClH/c1-10(2,12)9-13-7-5-6(11)3-4-8(7)14-9;/h3-5H,12H2,1-2H3;1H. The van der Waals surface area contributed by atoms with Gasteiger partial charge in [0.15, 0.2) is 5.58 Å². The van der Waals surface area contributed by atoms with Crippen LogP contribution in [0.1, 0.15) is 19.7 Å². The Morgan fingerprint density at radius 3 is 2.67 bits per heavy atom. The molecule has 0 spiro atoms. The zero-order valence-electron chi connectivity index (χ0n) is 8.45. The van der Waals surface area contributed by atoms with E-state index in [0.717, 1.165) is 5.52 Å². The number of nitrogens with two attached hydrogens (primary N) is 1. The molecule has 1 aromatic heterocycles. The molecule has 0 aliphatic rings. The number of halogens is 2. The van der Waals surface area contributed by atoms with Gasteiger partial charge in [0.25, 0.3) is 0 Å². The molecule has 2 aromatic rings. The van der Waals surface area contributed by atoms with Gasteiger partial charge >= 0.3 is 0 Å². The maximum Gasteiger partial charge on any atom is 0.215 e. The lowest BCUT2D eigenvalue weighted by Gasteiger charge is -2.11. The summed E-state index contributed by atoms with van der Waals surface area (Å²) in [5, 5.41) is 0.646. The Kier molecular flexibility index (Phi) is 3.28. The summed E-state index contributed by atoms with van der Waals surface area (Å²) in [6, 6.07) is 5.32. The van der Waals surface area contributed by atoms with Crippen LogP contribution in [0.3, 0.4) is 0 Å². The molecule has 0 saturated carbocycles. The van der Waals surface area contributed by atoms with E-state index in [0.29, 0.717) is 16.5 Å². The van der Waals surface area contributed by atoms with Crippen LogP contribution in [-0.4, -0.2) is 4.98 Å². The number of oxazole rings is 1. The Bertz CT molecular complexity index is 474. The fourth-order valence-electron chi connectivity index (χ4n) is 1.18. The van der Waals surface area contributed by atoms with Crippen LogP contribution in [0, 0.1) is 0 Å². The zero-order valence-corrected chi connectivity index (χ0v) is 10.0. The van der Waals surface area contributed by atoms with Crippen molar-refractivity contribution in [1.82, 2.24) is 4.98 Å². The van der Waals surface area contributed by atoms with E-state index in [2.05, 4.69) is 4.98 Å². The number of nitrogens with zero attached hydrogens (tertiary/aromatic N) is 1. The van der Waals surface area contributed by atoms with E-state index < -0.39 is 5.54 Å². The van der Waals surface area contributed by atoms with Crippen LogP contribution in [0.2, 0.25) is 5.02 Å². The van der Waals surface area contributed by atoms with Gasteiger partial charge in [0.2, 0.25) is 5.89 Å². The lowest BCUT2D eigenvalue weighted by molar-refractivity contribution is 0.394. The Balaban J connectivity index is 0.00000112. The first kappa shape index (κ1) is 12.3. The van der Waals surface area contributed by atoms with E-state index in [-0.39, 0.29) is 12.4 Å². The number of benzene rings is 1. The summed E-state index contributed by atoms with van der Waals surface area (Å²) in [5.41, 5.74) is 6.76. The number of hydrogen-bond donors (Lipinski definition) is 1. The molecule has 1 aromatic carbocycles. The third-order valence-corrected chi connectivity index (χ3v) is 2.14. The second-order valence-corrected chi connectivity index (χ2v) is 4.29. The summed E-state index contributed by atoms with van der Waals surface area (Å²) in [6.07, 6.45) is 0. The van der Waals surface area contributed by atoms with Gasteiger partial charge in [0.1, 0.15) is 5.52 Å². The minimum absolute atomic E-state index is 0. The van der Waals surface area contributed by atoms with Gasteiger partial charge in [0.05, 0.1) is 5.54 Å². The topological polar surface area (TPSA) is 52.0 Å². The molecule has 0 aliphatic heterocycles. The van der Waals surface area contributed by atoms with Gasteiger partial charge in [-0.1, -0.05) is 11.6 Å². The van der Waals surface area contributed by atoms with Crippen molar-refractivity contribution in [2.75, 3.05) is 0 Å². The molecule has 3 nitrogen and oxygen atoms in total. The fraction of sp³-hybridized carbons (Fsp3) is 0.300. The highest BCUT2D eigenvalue weighted by atomic mass is 35.5. The number of fused-ring (bicyclic) bond motifs is 1. The molecule has 0 unspecified atom stereocenters. The van der Waals surface area contributed by atoms with Crippen molar-refractivity contribution in [2.45, 2.75) is 19.4 Å². The highest BCUT2D eigenvalue weighted by Gasteiger charge is 2.21. The Morgan fingerprint density at radius 1 is 1.40 bits per heavy atom. The molecule has 1 heterocycles. The van der Waals surface area contributed by atoms with E-state index in [1.165, 1.54) is 0 Å². The minimum Gasteiger partial charge on any atom is -0.439 e. The maximum absolute atomic E-state index is 5.87. The van der Waals surface area contributed by atoms with Crippen LogP contribution in [0.25, 0.3) is 11.1 Å². The van der Waals surface area contributed by atoms with Gasteiger partial charge in [-0.25, -0.2) is 4.98 Å². The predicted octanol–water partition coefficient (Wildman–Crippen LogP) is 3.10. The lowest BCUT2D eigenvalue weighted by atomic mass is 10.1. The van der Waals surface area contributed by atoms with Crippen molar-refractivity contribution in [3.05, 3.63) is 29.1 Å². The Labute approximate surface area is 99.0 Å². The third-order valence-electron chi connectivity index (χ3n) is 1.90. The van der Waals surface area contributed by atoms with Crippen LogP contribution < -0.4 is 5.73 Å². The second-order valence-electron chi connectivity index (χ2n) is 3.85. The molecule has 0 saturated heterocycles. The molecule has 15 heavy (non-hydrogen) atoms. The van der Waals surface area contributed by atoms with Crippen molar-refractivity contribution >= 4 is 35.1 Å². The smallest absolute Gasteiger partial charge is 0.215 e. The normalized spacial score (nSPS) is 11.5. The largest absolute Gasteiger partial charge is 0.439 e. The molecule has 0 aliphatic carbocycles. The van der Waals surface area contributed by atoms with Crippen LogP contribution in [0.4, 0.5) is 0 Å². The van der Waals surface area contributed by atoms with Gasteiger partial charge in [-0.2, -0.15) is 0 Å². The van der Waals surface area contributed by atoms with Gasteiger partial charge in [-0.15, -0.1) is 12.4 Å². The minimum atomic E-state index is -0.564. The summed E-state index contributed by atoms with van der Waals surface area (Å²) < 4.78 is 5.49. The fourth-order valence-corrected chi connectivity index (χ4v) is 1.34. The monoisotopic (exact) mass is 246 g/mol. The second kappa shape index (κ2) is 4.00. The number of aromatic nitrogens is 1. The molecule has 5 heteroatoms. The van der Waals surface area contributed by atoms with Gasteiger partial charge < -0.3 is 10.2 Å². The molecular weight excluding hydrogens is 235 g/mol. The summed E-state index contributed by atoms with van der Waals surface area (Å²) in [7, 11) is 0. The predicted molar refractivity (Wildman–Crippen MR) is 63.5 cm³/mol. The molecule has 0 amide bonds. The van der Waals surface area contributed by atoms with E-state index in [9.17, 15) is 0 Å². The first-order valence-corrected chi connectivity index (χ1v) is 4.70. The molecule has 2 N–H and O–H groups in total. The molecule has 0 fully saturated rings. The first-order valence-electron chi connectivity index (χ1n) is 4.32. The first-order chi connectivity index (χ1) is 6.47. The maximum atomic E-state index is 5.87. The zero-order chi connectivity index (χ0) is 10.3. The highest BCUT2D eigenvalue weighted by molar-refractivity contribution is 6.31. The van der Waals surface area contributed by atoms with Crippen LogP contribution in [0.5, 0.6) is 0 Å². The summed E-state index contributed by atoms with van der Waals surface area (Å²) in [5.74, 6) is 0.523. The van der Waals surface area contributed by atoms with Crippen molar-refractivity contribution in [3.63, 3.8) is 0 Å². The van der Waals surface area contributed by atoms with Crippen molar-refractivity contribution in [3.8, 4) is 0 Å². The average molecular weight is 247 g/mol. The highest BCUT2D eigenvalue weighted by Crippen LogP contribution is 2.24. The van der Waals surface area contributed by atoms with E-state index in [4.69, 9.17) is 21.8 Å². The molecule has 0 bridgehead atoms. The summed E-state index contributed by atoms with van der Waals surface area (Å²) in [6.45, 7) is 3.69. The van der Waals surface area contributed by atoms with E-state index >= 15 is 0 Å². The van der Waals surface area contributed by atoms with E-state index in [1.54, 1.807) is 18.2 Å².